The van der Waals surface area contributed by atoms with Gasteiger partial charge in [-0.2, -0.15) is 0 Å². The summed E-state index contributed by atoms with van der Waals surface area (Å²) in [7, 11) is 0. The van der Waals surface area contributed by atoms with Crippen LogP contribution in [0, 0.1) is 6.92 Å². The van der Waals surface area contributed by atoms with Crippen LogP contribution in [0.25, 0.3) is 6.58 Å². The fraction of sp³-hybridized carbons (Fsp3) is 0.500. The lowest BCUT2D eigenvalue weighted by Crippen LogP contribution is -2.37. The van der Waals surface area contributed by atoms with Gasteiger partial charge in [-0.1, -0.05) is 31.0 Å². The lowest BCUT2D eigenvalue weighted by Gasteiger charge is -2.20. The molecule has 1 N–H and O–H groups in total. The van der Waals surface area contributed by atoms with Gasteiger partial charge in [0.2, 0.25) is 11.2 Å². The van der Waals surface area contributed by atoms with Crippen LogP contribution in [-0.4, -0.2) is 22.7 Å². The number of hydrogen-bond acceptors (Lipinski definition) is 2. The summed E-state index contributed by atoms with van der Waals surface area (Å²) in [5.41, 5.74) is 2.00. The number of allylic oxidation sites excluding steroid dienone is 1. The number of aromatic amines is 1. The minimum atomic E-state index is 0.825. The number of aromatic nitrogens is 3. The highest BCUT2D eigenvalue weighted by Crippen LogP contribution is 2.13. The molecule has 0 saturated heterocycles. The van der Waals surface area contributed by atoms with Gasteiger partial charge in [-0.15, -0.1) is 5.10 Å². The van der Waals surface area contributed by atoms with Crippen molar-refractivity contribution < 1.29 is 4.63 Å². The smallest absolute Gasteiger partial charge is 0.241 e. The maximum Gasteiger partial charge on any atom is 0.241 e. The first-order valence-electron chi connectivity index (χ1n) is 7.69. The lowest BCUT2D eigenvalue weighted by molar-refractivity contribution is -0.678. The molecular weight excluding hydrogens is 262 g/mol. The van der Waals surface area contributed by atoms with Crippen molar-refractivity contribution in [1.82, 2.24) is 9.61 Å². The van der Waals surface area contributed by atoms with Crippen LogP contribution >= 0.6 is 0 Å². The van der Waals surface area contributed by atoms with E-state index in [2.05, 4.69) is 52.9 Å². The summed E-state index contributed by atoms with van der Waals surface area (Å²) in [6.45, 7) is 14.6. The number of rotatable bonds is 6. The molecule has 0 fully saturated rings. The van der Waals surface area contributed by atoms with E-state index >= 15 is 0 Å². The SMILES string of the molecule is C=c1[nH][n+]2c(C)cc(N(CCC)CCC)n2/c1=N/C=C\C. The number of hydrogen-bond donors (Lipinski definition) is 1. The second kappa shape index (κ2) is 6.61. The van der Waals surface area contributed by atoms with Crippen LogP contribution in [0.4, 0.5) is 5.82 Å². The molecule has 0 atom stereocenters. The number of nitrogens with zero attached hydrogens (tertiary/aromatic N) is 4. The number of aryl methyl sites for hydroxylation is 1. The van der Waals surface area contributed by atoms with Gasteiger partial charge in [-0.25, -0.2) is 4.99 Å². The monoisotopic (exact) mass is 288 g/mol. The zero-order valence-corrected chi connectivity index (χ0v) is 13.6. The predicted octanol–water partition coefficient (Wildman–Crippen LogP) is 1.35. The van der Waals surface area contributed by atoms with Crippen LogP contribution in [0.2, 0.25) is 0 Å². The van der Waals surface area contributed by atoms with Gasteiger partial charge in [-0.05, 0) is 19.8 Å². The minimum Gasteiger partial charge on any atom is -0.353 e. The molecule has 0 aliphatic carbocycles. The van der Waals surface area contributed by atoms with E-state index in [0.29, 0.717) is 0 Å². The molecule has 0 spiro atoms. The van der Waals surface area contributed by atoms with E-state index in [-0.39, 0.29) is 0 Å². The number of fused-ring (bicyclic) bond motifs is 1. The zero-order chi connectivity index (χ0) is 15.4. The Morgan fingerprint density at radius 2 is 2.05 bits per heavy atom. The molecule has 5 heteroatoms. The zero-order valence-electron chi connectivity index (χ0n) is 13.6. The van der Waals surface area contributed by atoms with E-state index in [1.165, 1.54) is 5.82 Å². The average molecular weight is 288 g/mol. The summed E-state index contributed by atoms with van der Waals surface area (Å²) >= 11 is 0. The molecule has 0 aliphatic heterocycles. The summed E-state index contributed by atoms with van der Waals surface area (Å²) in [5, 5.41) is 4.10. The van der Waals surface area contributed by atoms with Crippen LogP contribution in [-0.2, 0) is 0 Å². The van der Waals surface area contributed by atoms with Gasteiger partial charge in [0.15, 0.2) is 5.82 Å². The first-order valence-corrected chi connectivity index (χ1v) is 7.69. The van der Waals surface area contributed by atoms with Crippen molar-refractivity contribution in [2.24, 2.45) is 4.99 Å². The molecule has 0 amide bonds. The van der Waals surface area contributed by atoms with Gasteiger partial charge >= 0.3 is 0 Å². The Morgan fingerprint density at radius 1 is 1.38 bits per heavy atom. The molecule has 2 aromatic heterocycles. The molecule has 0 radical (unpaired) electrons. The molecule has 114 valence electrons. The first-order chi connectivity index (χ1) is 10.1. The largest absolute Gasteiger partial charge is 0.353 e. The Kier molecular flexibility index (Phi) is 4.83. The highest BCUT2D eigenvalue weighted by Gasteiger charge is 2.22. The molecule has 0 saturated carbocycles. The Balaban J connectivity index is 2.71. The molecule has 0 bridgehead atoms. The summed E-state index contributed by atoms with van der Waals surface area (Å²) in [6, 6.07) is 2.20. The highest BCUT2D eigenvalue weighted by molar-refractivity contribution is 5.39. The summed E-state index contributed by atoms with van der Waals surface area (Å²) < 4.78 is 4.13. The second-order valence-electron chi connectivity index (χ2n) is 5.28. The van der Waals surface area contributed by atoms with Gasteiger partial charge in [0.25, 0.3) is 0 Å². The quantitative estimate of drug-likeness (QED) is 0.801. The van der Waals surface area contributed by atoms with E-state index < -0.39 is 0 Å². The molecule has 0 aromatic carbocycles. The van der Waals surface area contributed by atoms with Crippen LogP contribution in [0.15, 0.2) is 23.3 Å². The Labute approximate surface area is 125 Å². The lowest BCUT2D eigenvalue weighted by atomic mass is 10.3. The Hall–Kier alpha value is -2.04. The van der Waals surface area contributed by atoms with Crippen LogP contribution in [0.5, 0.6) is 0 Å². The van der Waals surface area contributed by atoms with Crippen molar-refractivity contribution in [3.05, 3.63) is 34.9 Å². The summed E-state index contributed by atoms with van der Waals surface area (Å²) in [4.78, 5) is 6.94. The molecule has 21 heavy (non-hydrogen) atoms. The van der Waals surface area contributed by atoms with E-state index in [4.69, 9.17) is 0 Å². The molecule has 0 aliphatic rings. The average Bonchev–Trinajstić information content (AvgIpc) is 2.94. The topological polar surface area (TPSA) is 39.9 Å². The maximum atomic E-state index is 4.53. The predicted molar refractivity (Wildman–Crippen MR) is 86.1 cm³/mol. The van der Waals surface area contributed by atoms with E-state index in [1.807, 2.05) is 17.6 Å². The number of anilines is 1. The van der Waals surface area contributed by atoms with Crippen LogP contribution in [0.1, 0.15) is 39.3 Å². The van der Waals surface area contributed by atoms with Crippen molar-refractivity contribution in [2.75, 3.05) is 18.0 Å². The van der Waals surface area contributed by atoms with Gasteiger partial charge in [-0.3, -0.25) is 0 Å². The summed E-state index contributed by atoms with van der Waals surface area (Å²) in [5.74, 6) is 1.17. The standard InChI is InChI=1S/C16H26N5/c1-6-9-17-16-14(5)18-21-13(4)12-15(20(16)21)19(10-7-2)11-8-3/h6,9,12,18H,5,7-8,10-11H2,1-4H3/q+1/b9-6-,17-16+. The number of H-pyrrole nitrogens is 1. The van der Waals surface area contributed by atoms with Crippen molar-refractivity contribution >= 4 is 12.4 Å². The Morgan fingerprint density at radius 3 is 2.62 bits per heavy atom. The number of nitrogens with one attached hydrogen (secondary N) is 1. The van der Waals surface area contributed by atoms with Crippen molar-refractivity contribution in [3.63, 3.8) is 0 Å². The first kappa shape index (κ1) is 15.4. The minimum absolute atomic E-state index is 0.825. The highest BCUT2D eigenvalue weighted by atomic mass is 15.5. The van der Waals surface area contributed by atoms with Crippen molar-refractivity contribution in [2.45, 2.75) is 40.5 Å². The third kappa shape index (κ3) is 2.86. The van der Waals surface area contributed by atoms with Gasteiger partial charge in [0.1, 0.15) is 5.35 Å². The van der Waals surface area contributed by atoms with Gasteiger partial charge < -0.3 is 4.90 Å². The third-order valence-electron chi connectivity index (χ3n) is 3.46. The molecule has 2 aromatic rings. The second-order valence-corrected chi connectivity index (χ2v) is 5.28. The van der Waals surface area contributed by atoms with Crippen LogP contribution in [0.3, 0.4) is 0 Å². The van der Waals surface area contributed by atoms with E-state index in [9.17, 15) is 0 Å². The molecular formula is C16H26N5+. The van der Waals surface area contributed by atoms with Crippen molar-refractivity contribution in [1.29, 1.82) is 0 Å². The fourth-order valence-electron chi connectivity index (χ4n) is 2.60. The van der Waals surface area contributed by atoms with E-state index in [1.54, 1.807) is 6.20 Å². The molecule has 2 heterocycles. The van der Waals surface area contributed by atoms with Gasteiger partial charge in [0, 0.05) is 30.8 Å². The normalized spacial score (nSPS) is 12.9. The molecule has 0 unspecified atom stereocenters. The summed E-state index contributed by atoms with van der Waals surface area (Å²) in [6.07, 6.45) is 5.98. The Bertz CT molecular complexity index is 729. The maximum absolute atomic E-state index is 4.53. The fourth-order valence-corrected chi connectivity index (χ4v) is 2.60. The van der Waals surface area contributed by atoms with Crippen LogP contribution < -0.4 is 20.4 Å². The molecule has 5 nitrogen and oxygen atoms in total. The molecule has 2 rings (SSSR count). The van der Waals surface area contributed by atoms with E-state index in [0.717, 1.165) is 42.5 Å². The van der Waals surface area contributed by atoms with Gasteiger partial charge in [0.05, 0.1) is 6.07 Å². The third-order valence-corrected chi connectivity index (χ3v) is 3.46. The van der Waals surface area contributed by atoms with Crippen molar-refractivity contribution in [3.8, 4) is 0 Å².